The second-order valence-electron chi connectivity index (χ2n) is 6.59. The van der Waals surface area contributed by atoms with Gasteiger partial charge in [0.15, 0.2) is 0 Å². The van der Waals surface area contributed by atoms with Gasteiger partial charge in [-0.25, -0.2) is 0 Å². The molecule has 0 saturated carbocycles. The first-order valence-corrected chi connectivity index (χ1v) is 9.07. The molecule has 2 aliphatic rings. The summed E-state index contributed by atoms with van der Waals surface area (Å²) < 4.78 is 16.4. The highest BCUT2D eigenvalue weighted by Crippen LogP contribution is 2.29. The maximum absolute atomic E-state index is 12.7. The maximum atomic E-state index is 12.7. The molecule has 0 bridgehead atoms. The fraction of sp³-hybridized carbons (Fsp3) is 0.632. The van der Waals surface area contributed by atoms with Gasteiger partial charge in [-0.1, -0.05) is 12.1 Å². The molecule has 2 aliphatic heterocycles. The molecular formula is C19H28N2O4. The van der Waals surface area contributed by atoms with Crippen molar-refractivity contribution < 1.29 is 19.0 Å². The summed E-state index contributed by atoms with van der Waals surface area (Å²) in [5.74, 6) is 1.14. The molecular weight excluding hydrogens is 320 g/mol. The summed E-state index contributed by atoms with van der Waals surface area (Å²) in [4.78, 5) is 17.0. The predicted octanol–water partition coefficient (Wildman–Crippen LogP) is 1.79. The largest absolute Gasteiger partial charge is 0.489 e. The van der Waals surface area contributed by atoms with Crippen LogP contribution in [0.15, 0.2) is 24.3 Å². The lowest BCUT2D eigenvalue weighted by atomic mass is 10.0. The van der Waals surface area contributed by atoms with Gasteiger partial charge in [0, 0.05) is 39.9 Å². The molecule has 0 aromatic heterocycles. The van der Waals surface area contributed by atoms with Crippen molar-refractivity contribution in [2.24, 2.45) is 5.92 Å². The molecule has 1 amide bonds. The molecule has 1 aromatic rings. The Balaban J connectivity index is 1.58. The van der Waals surface area contributed by atoms with Gasteiger partial charge in [0.2, 0.25) is 5.91 Å². The van der Waals surface area contributed by atoms with E-state index in [9.17, 15) is 4.79 Å². The molecule has 2 heterocycles. The Hall–Kier alpha value is -1.79. The monoisotopic (exact) mass is 348 g/mol. The molecule has 2 fully saturated rings. The second-order valence-corrected chi connectivity index (χ2v) is 6.59. The fourth-order valence-electron chi connectivity index (χ4n) is 3.53. The molecule has 0 radical (unpaired) electrons. The molecule has 0 N–H and O–H groups in total. The number of carbonyl (C=O) groups excluding carboxylic acids is 1. The second kappa shape index (κ2) is 8.54. The average molecular weight is 348 g/mol. The van der Waals surface area contributed by atoms with E-state index in [4.69, 9.17) is 14.2 Å². The summed E-state index contributed by atoms with van der Waals surface area (Å²) in [6, 6.07) is 8.06. The molecule has 25 heavy (non-hydrogen) atoms. The van der Waals surface area contributed by atoms with E-state index in [0.717, 1.165) is 44.0 Å². The van der Waals surface area contributed by atoms with Gasteiger partial charge in [0.25, 0.3) is 0 Å². The number of carbonyl (C=O) groups is 1. The van der Waals surface area contributed by atoms with Gasteiger partial charge in [-0.05, 0) is 25.5 Å². The zero-order valence-corrected chi connectivity index (χ0v) is 15.1. The predicted molar refractivity (Wildman–Crippen MR) is 96.1 cm³/mol. The number of hydrogen-bond donors (Lipinski definition) is 0. The van der Waals surface area contributed by atoms with Crippen molar-refractivity contribution in [1.29, 1.82) is 0 Å². The summed E-state index contributed by atoms with van der Waals surface area (Å²) in [6.07, 6.45) is 0.886. The molecule has 6 heteroatoms. The van der Waals surface area contributed by atoms with Crippen molar-refractivity contribution in [3.05, 3.63) is 24.3 Å². The minimum Gasteiger partial charge on any atom is -0.489 e. The van der Waals surface area contributed by atoms with Gasteiger partial charge in [-0.15, -0.1) is 0 Å². The van der Waals surface area contributed by atoms with E-state index >= 15 is 0 Å². The lowest BCUT2D eigenvalue weighted by molar-refractivity contribution is -0.137. The summed E-state index contributed by atoms with van der Waals surface area (Å²) in [5, 5.41) is 0. The number of benzene rings is 1. The highest BCUT2D eigenvalue weighted by atomic mass is 16.5. The lowest BCUT2D eigenvalue weighted by Crippen LogP contribution is -2.51. The molecule has 6 nitrogen and oxygen atoms in total. The molecule has 2 saturated heterocycles. The number of nitrogens with zero attached hydrogens (tertiary/aromatic N) is 2. The number of methoxy groups -OCH3 is 1. The minimum atomic E-state index is 0.0243. The van der Waals surface area contributed by atoms with Crippen LogP contribution >= 0.6 is 0 Å². The zero-order valence-electron chi connectivity index (χ0n) is 15.1. The summed E-state index contributed by atoms with van der Waals surface area (Å²) in [5.41, 5.74) is 1.09. The Bertz CT molecular complexity index is 572. The van der Waals surface area contributed by atoms with Crippen LogP contribution in [0.2, 0.25) is 0 Å². The van der Waals surface area contributed by atoms with E-state index in [0.29, 0.717) is 19.8 Å². The van der Waals surface area contributed by atoms with Crippen LogP contribution in [0.5, 0.6) is 5.75 Å². The minimum absolute atomic E-state index is 0.0243. The van der Waals surface area contributed by atoms with Crippen molar-refractivity contribution in [3.63, 3.8) is 0 Å². The zero-order chi connectivity index (χ0) is 17.6. The van der Waals surface area contributed by atoms with Crippen LogP contribution in [-0.4, -0.2) is 70.0 Å². The van der Waals surface area contributed by atoms with E-state index in [1.807, 2.05) is 30.0 Å². The highest BCUT2D eigenvalue weighted by molar-refractivity contribution is 5.80. The molecule has 3 rings (SSSR count). The Morgan fingerprint density at radius 3 is 2.64 bits per heavy atom. The fourth-order valence-corrected chi connectivity index (χ4v) is 3.53. The molecule has 138 valence electrons. The smallest absolute Gasteiger partial charge is 0.228 e. The van der Waals surface area contributed by atoms with Gasteiger partial charge in [0.05, 0.1) is 24.3 Å². The lowest BCUT2D eigenvalue weighted by Gasteiger charge is -2.38. The van der Waals surface area contributed by atoms with Crippen molar-refractivity contribution in [2.45, 2.75) is 19.4 Å². The topological polar surface area (TPSA) is 51.2 Å². The van der Waals surface area contributed by atoms with Crippen LogP contribution in [0.25, 0.3) is 0 Å². The maximum Gasteiger partial charge on any atom is 0.228 e. The quantitative estimate of drug-likeness (QED) is 0.734. The van der Waals surface area contributed by atoms with Gasteiger partial charge in [0.1, 0.15) is 12.4 Å². The highest BCUT2D eigenvalue weighted by Gasteiger charge is 2.35. The number of anilines is 1. The first kappa shape index (κ1) is 18.0. The number of amides is 1. The number of rotatable bonds is 6. The van der Waals surface area contributed by atoms with Crippen LogP contribution in [0.3, 0.4) is 0 Å². The van der Waals surface area contributed by atoms with E-state index in [1.165, 1.54) is 0 Å². The SMILES string of the molecule is COCCOc1ccccc1N1CCN(C(=O)C2CCOC2C)CC1. The Morgan fingerprint density at radius 1 is 1.20 bits per heavy atom. The van der Waals surface area contributed by atoms with Crippen LogP contribution in [-0.2, 0) is 14.3 Å². The number of hydrogen-bond acceptors (Lipinski definition) is 5. The van der Waals surface area contributed by atoms with E-state index < -0.39 is 0 Å². The van der Waals surface area contributed by atoms with Gasteiger partial charge < -0.3 is 24.0 Å². The van der Waals surface area contributed by atoms with E-state index in [2.05, 4.69) is 11.0 Å². The molecule has 1 aromatic carbocycles. The third-order valence-corrected chi connectivity index (χ3v) is 5.04. The van der Waals surface area contributed by atoms with E-state index in [-0.39, 0.29) is 17.9 Å². The first-order valence-electron chi connectivity index (χ1n) is 9.07. The van der Waals surface area contributed by atoms with Crippen LogP contribution in [0.4, 0.5) is 5.69 Å². The summed E-state index contributed by atoms with van der Waals surface area (Å²) in [7, 11) is 1.67. The molecule has 0 aliphatic carbocycles. The van der Waals surface area contributed by atoms with Crippen molar-refractivity contribution in [1.82, 2.24) is 4.90 Å². The molecule has 2 unspecified atom stereocenters. The summed E-state index contributed by atoms with van der Waals surface area (Å²) >= 11 is 0. The van der Waals surface area contributed by atoms with E-state index in [1.54, 1.807) is 7.11 Å². The van der Waals surface area contributed by atoms with Gasteiger partial charge in [-0.3, -0.25) is 4.79 Å². The standard InChI is InChI=1S/C19H28N2O4/c1-15-16(7-12-24-15)19(22)21-10-8-20(9-11-21)17-5-3-4-6-18(17)25-14-13-23-2/h3-6,15-16H,7-14H2,1-2H3. The van der Waals surface area contributed by atoms with Crippen molar-refractivity contribution >= 4 is 11.6 Å². The third kappa shape index (κ3) is 4.25. The molecule has 0 spiro atoms. The Morgan fingerprint density at radius 2 is 1.96 bits per heavy atom. The Kier molecular flexibility index (Phi) is 6.15. The van der Waals surface area contributed by atoms with Gasteiger partial charge in [-0.2, -0.15) is 0 Å². The first-order chi connectivity index (χ1) is 12.2. The molecule has 2 atom stereocenters. The number of para-hydroxylation sites is 2. The van der Waals surface area contributed by atoms with Crippen LogP contribution < -0.4 is 9.64 Å². The average Bonchev–Trinajstić information content (AvgIpc) is 3.08. The van der Waals surface area contributed by atoms with Gasteiger partial charge >= 0.3 is 0 Å². The van der Waals surface area contributed by atoms with Crippen molar-refractivity contribution in [3.8, 4) is 5.75 Å². The van der Waals surface area contributed by atoms with Crippen LogP contribution in [0, 0.1) is 5.92 Å². The number of ether oxygens (including phenoxy) is 3. The normalized spacial score (nSPS) is 23.8. The summed E-state index contributed by atoms with van der Waals surface area (Å²) in [6.45, 7) is 6.92. The van der Waals surface area contributed by atoms with Crippen LogP contribution in [0.1, 0.15) is 13.3 Å². The third-order valence-electron chi connectivity index (χ3n) is 5.04. The van der Waals surface area contributed by atoms with Crippen molar-refractivity contribution in [2.75, 3.05) is 58.0 Å². The number of piperazine rings is 1. The Labute approximate surface area is 149 Å².